The van der Waals surface area contributed by atoms with Crippen LogP contribution in [0.1, 0.15) is 63.6 Å². The first-order valence-corrected chi connectivity index (χ1v) is 7.57. The van der Waals surface area contributed by atoms with Gasteiger partial charge < -0.3 is 10.5 Å². The number of ether oxygens (including phenoxy) is 1. The maximum Gasteiger partial charge on any atom is 0.122 e. The standard InChI is InChI=1S/C17H29NO/c1-5-7-8-15(6-2)12-19-17-10-9-16(14(4)18)11-13(17)3/h9-11,14-15H,5-8,12,18H2,1-4H3. The van der Waals surface area contributed by atoms with Crippen molar-refractivity contribution < 1.29 is 4.74 Å². The monoisotopic (exact) mass is 263 g/mol. The first-order valence-electron chi connectivity index (χ1n) is 7.57. The normalized spacial score (nSPS) is 14.2. The Balaban J connectivity index is 2.57. The van der Waals surface area contributed by atoms with Gasteiger partial charge in [0.25, 0.3) is 0 Å². The predicted octanol–water partition coefficient (Wildman–Crippen LogP) is 4.61. The van der Waals surface area contributed by atoms with E-state index in [0.29, 0.717) is 5.92 Å². The van der Waals surface area contributed by atoms with Gasteiger partial charge in [0.1, 0.15) is 5.75 Å². The van der Waals surface area contributed by atoms with E-state index in [4.69, 9.17) is 10.5 Å². The van der Waals surface area contributed by atoms with Crippen molar-refractivity contribution in [3.05, 3.63) is 29.3 Å². The van der Waals surface area contributed by atoms with Crippen LogP contribution in [0, 0.1) is 12.8 Å². The Kier molecular flexibility index (Phi) is 6.93. The fraction of sp³-hybridized carbons (Fsp3) is 0.647. The number of unbranched alkanes of at least 4 members (excludes halogenated alkanes) is 1. The SMILES string of the molecule is CCCCC(CC)COc1ccc(C(C)N)cc1C. The molecule has 0 aliphatic carbocycles. The molecular weight excluding hydrogens is 234 g/mol. The quantitative estimate of drug-likeness (QED) is 0.743. The molecule has 2 nitrogen and oxygen atoms in total. The number of nitrogens with two attached hydrogens (primary N) is 1. The van der Waals surface area contributed by atoms with Crippen molar-refractivity contribution in [3.8, 4) is 5.75 Å². The molecular formula is C17H29NO. The second-order valence-corrected chi connectivity index (χ2v) is 5.54. The summed E-state index contributed by atoms with van der Waals surface area (Å²) in [5.74, 6) is 1.67. The van der Waals surface area contributed by atoms with Crippen molar-refractivity contribution in [2.24, 2.45) is 11.7 Å². The molecule has 2 atom stereocenters. The Bertz CT molecular complexity index is 374. The summed E-state index contributed by atoms with van der Waals surface area (Å²) in [6.07, 6.45) is 5.02. The van der Waals surface area contributed by atoms with Crippen molar-refractivity contribution >= 4 is 0 Å². The highest BCUT2D eigenvalue weighted by molar-refractivity contribution is 5.37. The average molecular weight is 263 g/mol. The molecule has 2 N–H and O–H groups in total. The molecule has 2 unspecified atom stereocenters. The van der Waals surface area contributed by atoms with Crippen LogP contribution in [0.2, 0.25) is 0 Å². The van der Waals surface area contributed by atoms with Crippen LogP contribution < -0.4 is 10.5 Å². The second kappa shape index (κ2) is 8.21. The third kappa shape index (κ3) is 5.23. The van der Waals surface area contributed by atoms with Crippen LogP contribution in [0.3, 0.4) is 0 Å². The molecule has 0 saturated carbocycles. The van der Waals surface area contributed by atoms with Crippen molar-refractivity contribution in [2.45, 2.75) is 59.4 Å². The molecule has 1 aromatic rings. The van der Waals surface area contributed by atoms with E-state index < -0.39 is 0 Å². The highest BCUT2D eigenvalue weighted by atomic mass is 16.5. The molecule has 2 heteroatoms. The van der Waals surface area contributed by atoms with Crippen LogP contribution in [0.15, 0.2) is 18.2 Å². The van der Waals surface area contributed by atoms with Crippen molar-refractivity contribution in [1.29, 1.82) is 0 Å². The summed E-state index contributed by atoms with van der Waals surface area (Å²) >= 11 is 0. The summed E-state index contributed by atoms with van der Waals surface area (Å²) in [7, 11) is 0. The zero-order chi connectivity index (χ0) is 14.3. The summed E-state index contributed by atoms with van der Waals surface area (Å²) in [5.41, 5.74) is 8.24. The number of hydrogen-bond donors (Lipinski definition) is 1. The third-order valence-corrected chi connectivity index (χ3v) is 3.74. The molecule has 0 fully saturated rings. The van der Waals surface area contributed by atoms with Crippen LogP contribution in [-0.4, -0.2) is 6.61 Å². The van der Waals surface area contributed by atoms with Gasteiger partial charge in [0.05, 0.1) is 6.61 Å². The maximum absolute atomic E-state index is 5.98. The summed E-state index contributed by atoms with van der Waals surface area (Å²) in [6, 6.07) is 6.34. The first-order chi connectivity index (χ1) is 9.08. The molecule has 0 saturated heterocycles. The lowest BCUT2D eigenvalue weighted by molar-refractivity contribution is 0.232. The van der Waals surface area contributed by atoms with Crippen LogP contribution in [0.4, 0.5) is 0 Å². The molecule has 0 aromatic heterocycles. The van der Waals surface area contributed by atoms with E-state index in [1.165, 1.54) is 36.8 Å². The largest absolute Gasteiger partial charge is 0.493 e. The Morgan fingerprint density at radius 1 is 1.26 bits per heavy atom. The lowest BCUT2D eigenvalue weighted by atomic mass is 10.0. The Morgan fingerprint density at radius 2 is 2.00 bits per heavy atom. The van der Waals surface area contributed by atoms with E-state index in [-0.39, 0.29) is 6.04 Å². The molecule has 108 valence electrons. The fourth-order valence-electron chi connectivity index (χ4n) is 2.22. The molecule has 19 heavy (non-hydrogen) atoms. The topological polar surface area (TPSA) is 35.2 Å². The van der Waals surface area contributed by atoms with Crippen LogP contribution >= 0.6 is 0 Å². The molecule has 1 rings (SSSR count). The minimum atomic E-state index is 0.0840. The fourth-order valence-corrected chi connectivity index (χ4v) is 2.22. The summed E-state index contributed by atoms with van der Waals surface area (Å²) in [6.45, 7) is 9.41. The van der Waals surface area contributed by atoms with E-state index in [9.17, 15) is 0 Å². The van der Waals surface area contributed by atoms with Gasteiger partial charge in [-0.05, 0) is 43.4 Å². The van der Waals surface area contributed by atoms with Crippen LogP contribution in [0.25, 0.3) is 0 Å². The highest BCUT2D eigenvalue weighted by Gasteiger charge is 2.09. The van der Waals surface area contributed by atoms with Gasteiger partial charge in [-0.3, -0.25) is 0 Å². The minimum Gasteiger partial charge on any atom is -0.493 e. The first kappa shape index (κ1) is 16.0. The molecule has 1 aromatic carbocycles. The smallest absolute Gasteiger partial charge is 0.122 e. The molecule has 0 radical (unpaired) electrons. The molecule has 0 amide bonds. The van der Waals surface area contributed by atoms with Gasteiger partial charge in [-0.25, -0.2) is 0 Å². The molecule has 0 bridgehead atoms. The van der Waals surface area contributed by atoms with E-state index in [0.717, 1.165) is 12.4 Å². The van der Waals surface area contributed by atoms with Crippen molar-refractivity contribution in [2.75, 3.05) is 6.61 Å². The Labute approximate surface area is 118 Å². The van der Waals surface area contributed by atoms with E-state index in [1.807, 2.05) is 6.92 Å². The van der Waals surface area contributed by atoms with Gasteiger partial charge in [-0.1, -0.05) is 45.2 Å². The summed E-state index contributed by atoms with van der Waals surface area (Å²) in [5, 5.41) is 0. The summed E-state index contributed by atoms with van der Waals surface area (Å²) < 4.78 is 5.98. The molecule has 0 heterocycles. The van der Waals surface area contributed by atoms with E-state index in [2.05, 4.69) is 39.0 Å². The second-order valence-electron chi connectivity index (χ2n) is 5.54. The lowest BCUT2D eigenvalue weighted by Crippen LogP contribution is -2.12. The molecule has 0 aliphatic rings. The van der Waals surface area contributed by atoms with E-state index in [1.54, 1.807) is 0 Å². The summed E-state index contributed by atoms with van der Waals surface area (Å²) in [4.78, 5) is 0. The zero-order valence-electron chi connectivity index (χ0n) is 12.9. The van der Waals surface area contributed by atoms with Gasteiger partial charge in [0.15, 0.2) is 0 Å². The molecule has 0 aliphatic heterocycles. The number of benzene rings is 1. The highest BCUT2D eigenvalue weighted by Crippen LogP contribution is 2.23. The number of rotatable bonds is 8. The predicted molar refractivity (Wildman–Crippen MR) is 82.6 cm³/mol. The average Bonchev–Trinajstić information content (AvgIpc) is 2.40. The Morgan fingerprint density at radius 3 is 2.53 bits per heavy atom. The van der Waals surface area contributed by atoms with Gasteiger partial charge >= 0.3 is 0 Å². The van der Waals surface area contributed by atoms with Crippen LogP contribution in [0.5, 0.6) is 5.75 Å². The maximum atomic E-state index is 5.98. The lowest BCUT2D eigenvalue weighted by Gasteiger charge is -2.17. The van der Waals surface area contributed by atoms with Gasteiger partial charge in [0.2, 0.25) is 0 Å². The zero-order valence-corrected chi connectivity index (χ0v) is 12.9. The number of aryl methyl sites for hydroxylation is 1. The van der Waals surface area contributed by atoms with Crippen LogP contribution in [-0.2, 0) is 0 Å². The Hall–Kier alpha value is -1.02. The van der Waals surface area contributed by atoms with Crippen molar-refractivity contribution in [1.82, 2.24) is 0 Å². The van der Waals surface area contributed by atoms with Crippen molar-refractivity contribution in [3.63, 3.8) is 0 Å². The third-order valence-electron chi connectivity index (χ3n) is 3.74. The number of hydrogen-bond acceptors (Lipinski definition) is 2. The van der Waals surface area contributed by atoms with Gasteiger partial charge in [-0.2, -0.15) is 0 Å². The minimum absolute atomic E-state index is 0.0840. The van der Waals surface area contributed by atoms with Gasteiger partial charge in [0, 0.05) is 6.04 Å². The van der Waals surface area contributed by atoms with Gasteiger partial charge in [-0.15, -0.1) is 0 Å². The molecule has 0 spiro atoms. The van der Waals surface area contributed by atoms with E-state index >= 15 is 0 Å².